The fourth-order valence-electron chi connectivity index (χ4n) is 0.921. The number of nitrogens with one attached hydrogen (secondary N) is 1. The van der Waals surface area contributed by atoms with Gasteiger partial charge in [-0.3, -0.25) is 4.99 Å². The minimum absolute atomic E-state index is 0.0382. The summed E-state index contributed by atoms with van der Waals surface area (Å²) >= 11 is 0. The maximum absolute atomic E-state index is 10.6. The van der Waals surface area contributed by atoms with Crippen LogP contribution in [0.1, 0.15) is 0 Å². The zero-order valence-corrected chi connectivity index (χ0v) is 7.06. The van der Waals surface area contributed by atoms with Crippen molar-refractivity contribution in [1.29, 1.82) is 0 Å². The highest BCUT2D eigenvalue weighted by Gasteiger charge is 2.33. The predicted octanol–water partition coefficient (Wildman–Crippen LogP) is -1.68. The van der Waals surface area contributed by atoms with Crippen molar-refractivity contribution in [2.45, 2.75) is 6.04 Å². The second-order valence-corrected chi connectivity index (χ2v) is 4.68. The van der Waals surface area contributed by atoms with Crippen molar-refractivity contribution in [3.63, 3.8) is 0 Å². The first-order valence-electron chi connectivity index (χ1n) is 3.23. The first kappa shape index (κ1) is 8.32. The molecular formula is C5H11N3O2S. The SMILES string of the molecule is CN=C(N)NC1CS(=O)(=O)C1. The zero-order chi connectivity index (χ0) is 8.48. The Morgan fingerprint density at radius 2 is 2.18 bits per heavy atom. The van der Waals surface area contributed by atoms with E-state index in [0.717, 1.165) is 0 Å². The molecule has 5 nitrogen and oxygen atoms in total. The smallest absolute Gasteiger partial charge is 0.188 e. The van der Waals surface area contributed by atoms with Gasteiger partial charge in [-0.25, -0.2) is 8.42 Å². The molecule has 1 aliphatic rings. The van der Waals surface area contributed by atoms with E-state index in [-0.39, 0.29) is 17.5 Å². The Labute approximate surface area is 65.6 Å². The van der Waals surface area contributed by atoms with Crippen LogP contribution in [0.4, 0.5) is 0 Å². The third kappa shape index (κ3) is 2.07. The summed E-state index contributed by atoms with van der Waals surface area (Å²) in [4.78, 5) is 3.65. The zero-order valence-electron chi connectivity index (χ0n) is 6.24. The highest BCUT2D eigenvalue weighted by Crippen LogP contribution is 2.09. The second kappa shape index (κ2) is 2.69. The fraction of sp³-hybridized carbons (Fsp3) is 0.800. The average Bonchev–Trinajstić information content (AvgIpc) is 1.83. The van der Waals surface area contributed by atoms with Gasteiger partial charge in [0.15, 0.2) is 15.8 Å². The van der Waals surface area contributed by atoms with Crippen LogP contribution in [-0.4, -0.2) is 39.0 Å². The second-order valence-electron chi connectivity index (χ2n) is 2.53. The monoisotopic (exact) mass is 177 g/mol. The van der Waals surface area contributed by atoms with Crippen LogP contribution in [0.5, 0.6) is 0 Å². The van der Waals surface area contributed by atoms with Crippen LogP contribution >= 0.6 is 0 Å². The van der Waals surface area contributed by atoms with E-state index in [2.05, 4.69) is 10.3 Å². The Morgan fingerprint density at radius 1 is 1.64 bits per heavy atom. The number of rotatable bonds is 1. The van der Waals surface area contributed by atoms with E-state index in [1.165, 1.54) is 0 Å². The maximum Gasteiger partial charge on any atom is 0.188 e. The Kier molecular flexibility index (Phi) is 2.03. The molecule has 0 aliphatic carbocycles. The molecule has 0 saturated carbocycles. The first-order chi connectivity index (χ1) is 5.03. The summed E-state index contributed by atoms with van der Waals surface area (Å²) < 4.78 is 21.3. The molecule has 1 aliphatic heterocycles. The quantitative estimate of drug-likeness (QED) is 0.370. The Hall–Kier alpha value is -0.780. The highest BCUT2D eigenvalue weighted by atomic mass is 32.2. The van der Waals surface area contributed by atoms with Gasteiger partial charge in [0.25, 0.3) is 0 Å². The summed E-state index contributed by atoms with van der Waals surface area (Å²) in [6.07, 6.45) is 0. The molecule has 3 N–H and O–H groups in total. The molecule has 0 atom stereocenters. The normalized spacial score (nSPS) is 24.3. The Balaban J connectivity index is 2.35. The number of aliphatic imine (C=N–C) groups is 1. The van der Waals surface area contributed by atoms with Crippen LogP contribution in [0, 0.1) is 0 Å². The lowest BCUT2D eigenvalue weighted by Gasteiger charge is -2.26. The van der Waals surface area contributed by atoms with Crippen molar-refractivity contribution in [1.82, 2.24) is 5.32 Å². The van der Waals surface area contributed by atoms with Gasteiger partial charge in [-0.2, -0.15) is 0 Å². The molecule has 0 spiro atoms. The van der Waals surface area contributed by atoms with Crippen molar-refractivity contribution in [2.75, 3.05) is 18.6 Å². The molecule has 0 unspecified atom stereocenters. The van der Waals surface area contributed by atoms with Crippen molar-refractivity contribution in [3.05, 3.63) is 0 Å². The van der Waals surface area contributed by atoms with E-state index < -0.39 is 9.84 Å². The lowest BCUT2D eigenvalue weighted by Crippen LogP contribution is -2.54. The largest absolute Gasteiger partial charge is 0.370 e. The average molecular weight is 177 g/mol. The summed E-state index contributed by atoms with van der Waals surface area (Å²) in [6.45, 7) is 0. The van der Waals surface area contributed by atoms with Gasteiger partial charge in [0.1, 0.15) is 0 Å². The lowest BCUT2D eigenvalue weighted by atomic mass is 10.4. The number of guanidine groups is 1. The van der Waals surface area contributed by atoms with Crippen LogP contribution in [0.15, 0.2) is 4.99 Å². The van der Waals surface area contributed by atoms with Crippen LogP contribution in [0.2, 0.25) is 0 Å². The van der Waals surface area contributed by atoms with Gasteiger partial charge in [0.05, 0.1) is 17.5 Å². The molecule has 1 saturated heterocycles. The fourth-order valence-corrected chi connectivity index (χ4v) is 2.22. The minimum Gasteiger partial charge on any atom is -0.370 e. The van der Waals surface area contributed by atoms with E-state index in [0.29, 0.717) is 5.96 Å². The van der Waals surface area contributed by atoms with Gasteiger partial charge in [-0.1, -0.05) is 0 Å². The van der Waals surface area contributed by atoms with Crippen LogP contribution in [0.25, 0.3) is 0 Å². The molecule has 0 bridgehead atoms. The van der Waals surface area contributed by atoms with Gasteiger partial charge in [0, 0.05) is 7.05 Å². The predicted molar refractivity (Wildman–Crippen MR) is 43.1 cm³/mol. The third-order valence-electron chi connectivity index (χ3n) is 1.50. The maximum atomic E-state index is 10.6. The highest BCUT2D eigenvalue weighted by molar-refractivity contribution is 7.92. The topological polar surface area (TPSA) is 84.5 Å². The molecule has 64 valence electrons. The van der Waals surface area contributed by atoms with E-state index in [1.54, 1.807) is 7.05 Å². The molecule has 0 amide bonds. The molecule has 1 rings (SSSR count). The van der Waals surface area contributed by atoms with Crippen LogP contribution < -0.4 is 11.1 Å². The van der Waals surface area contributed by atoms with Crippen LogP contribution in [0.3, 0.4) is 0 Å². The molecule has 1 heterocycles. The third-order valence-corrected chi connectivity index (χ3v) is 3.32. The number of hydrogen-bond donors (Lipinski definition) is 2. The number of sulfone groups is 1. The summed E-state index contributed by atoms with van der Waals surface area (Å²) in [5, 5.41) is 2.77. The van der Waals surface area contributed by atoms with Crippen molar-refractivity contribution >= 4 is 15.8 Å². The van der Waals surface area contributed by atoms with Gasteiger partial charge < -0.3 is 11.1 Å². The van der Waals surface area contributed by atoms with E-state index >= 15 is 0 Å². The number of nitrogens with zero attached hydrogens (tertiary/aromatic N) is 1. The van der Waals surface area contributed by atoms with Crippen molar-refractivity contribution < 1.29 is 8.42 Å². The molecule has 0 radical (unpaired) electrons. The molecular weight excluding hydrogens is 166 g/mol. The summed E-state index contributed by atoms with van der Waals surface area (Å²) in [5.41, 5.74) is 5.32. The van der Waals surface area contributed by atoms with Crippen molar-refractivity contribution in [3.8, 4) is 0 Å². The van der Waals surface area contributed by atoms with Crippen LogP contribution in [-0.2, 0) is 9.84 Å². The molecule has 11 heavy (non-hydrogen) atoms. The number of nitrogens with two attached hydrogens (primary N) is 1. The first-order valence-corrected chi connectivity index (χ1v) is 5.05. The lowest BCUT2D eigenvalue weighted by molar-refractivity contribution is 0.550. The molecule has 0 aromatic rings. The Morgan fingerprint density at radius 3 is 2.55 bits per heavy atom. The van der Waals surface area contributed by atoms with Gasteiger partial charge in [0.2, 0.25) is 0 Å². The van der Waals surface area contributed by atoms with Crippen molar-refractivity contribution in [2.24, 2.45) is 10.7 Å². The summed E-state index contributed by atoms with van der Waals surface area (Å²) in [6, 6.07) is -0.0382. The minimum atomic E-state index is -2.76. The molecule has 0 aromatic carbocycles. The van der Waals surface area contributed by atoms with E-state index in [9.17, 15) is 8.42 Å². The summed E-state index contributed by atoms with van der Waals surface area (Å²) in [5.74, 6) is 0.636. The summed E-state index contributed by atoms with van der Waals surface area (Å²) in [7, 11) is -1.21. The van der Waals surface area contributed by atoms with Gasteiger partial charge in [-0.05, 0) is 0 Å². The van der Waals surface area contributed by atoms with Gasteiger partial charge in [-0.15, -0.1) is 0 Å². The molecule has 0 aromatic heterocycles. The van der Waals surface area contributed by atoms with Gasteiger partial charge >= 0.3 is 0 Å². The number of hydrogen-bond acceptors (Lipinski definition) is 3. The molecule has 1 fully saturated rings. The van der Waals surface area contributed by atoms with E-state index in [1.807, 2.05) is 0 Å². The Bertz CT molecular complexity index is 257. The standard InChI is InChI=1S/C5H11N3O2S/c1-7-5(6)8-4-2-11(9,10)3-4/h4H,2-3H2,1H3,(H3,6,7,8). The van der Waals surface area contributed by atoms with E-state index in [4.69, 9.17) is 5.73 Å². The molecule has 6 heteroatoms.